The third-order valence-corrected chi connectivity index (χ3v) is 3.42. The molecule has 2 nitrogen and oxygen atoms in total. The van der Waals surface area contributed by atoms with Crippen molar-refractivity contribution in [2.75, 3.05) is 0 Å². The average Bonchev–Trinajstić information content (AvgIpc) is 2.18. The van der Waals surface area contributed by atoms with Gasteiger partial charge in [0.25, 0.3) is 0 Å². The molecule has 0 spiro atoms. The highest BCUT2D eigenvalue weighted by Crippen LogP contribution is 2.34. The molecule has 3 unspecified atom stereocenters. The molecule has 1 aliphatic carbocycles. The Morgan fingerprint density at radius 1 is 1.47 bits per heavy atom. The van der Waals surface area contributed by atoms with Gasteiger partial charge in [-0.1, -0.05) is 24.3 Å². The van der Waals surface area contributed by atoms with Gasteiger partial charge in [-0.25, -0.2) is 0 Å². The van der Waals surface area contributed by atoms with E-state index in [2.05, 4.69) is 11.4 Å². The first-order chi connectivity index (χ1) is 8.08. The Morgan fingerprint density at radius 3 is 2.82 bits per heavy atom. The zero-order chi connectivity index (χ0) is 12.4. The lowest BCUT2D eigenvalue weighted by molar-refractivity contribution is -0.123. The van der Waals surface area contributed by atoms with Crippen LogP contribution in [0.3, 0.4) is 0 Å². The van der Waals surface area contributed by atoms with Crippen molar-refractivity contribution in [2.45, 2.75) is 44.0 Å². The Hall–Kier alpha value is -1.02. The molecule has 0 fully saturated rings. The van der Waals surface area contributed by atoms with Crippen molar-refractivity contribution >= 4 is 17.5 Å². The fraction of sp³-hybridized carbons (Fsp3) is 0.500. The van der Waals surface area contributed by atoms with E-state index >= 15 is 0 Å². The summed E-state index contributed by atoms with van der Waals surface area (Å²) in [6.07, 6.45) is 1.67. The van der Waals surface area contributed by atoms with Gasteiger partial charge in [0.1, 0.15) is 0 Å². The first-order valence-electron chi connectivity index (χ1n) is 6.10. The molecule has 92 valence electrons. The standard InChI is InChI=1S/C14H18ClNO/c1-9(15)7-10(2)16-14(17)13-8-11-5-3-4-6-12(11)13/h3-6,9-10,13H,7-8H2,1-2H3,(H,16,17). The third-order valence-electron chi connectivity index (χ3n) is 3.24. The summed E-state index contributed by atoms with van der Waals surface area (Å²) in [5.41, 5.74) is 2.47. The zero-order valence-electron chi connectivity index (χ0n) is 10.2. The highest BCUT2D eigenvalue weighted by Gasteiger charge is 2.32. The molecule has 1 amide bonds. The molecule has 0 bridgehead atoms. The second kappa shape index (κ2) is 5.09. The van der Waals surface area contributed by atoms with Crippen LogP contribution in [0.15, 0.2) is 24.3 Å². The maximum Gasteiger partial charge on any atom is 0.228 e. The van der Waals surface area contributed by atoms with Gasteiger partial charge in [-0.15, -0.1) is 11.6 Å². The van der Waals surface area contributed by atoms with Crippen molar-refractivity contribution < 1.29 is 4.79 Å². The van der Waals surface area contributed by atoms with Crippen molar-refractivity contribution in [3.8, 4) is 0 Å². The Kier molecular flexibility index (Phi) is 3.72. The van der Waals surface area contributed by atoms with Crippen LogP contribution < -0.4 is 5.32 Å². The third kappa shape index (κ3) is 2.81. The van der Waals surface area contributed by atoms with Crippen LogP contribution in [0.1, 0.15) is 37.3 Å². The Balaban J connectivity index is 1.91. The number of carbonyl (C=O) groups excluding carboxylic acids is 1. The Labute approximate surface area is 107 Å². The second-order valence-electron chi connectivity index (χ2n) is 4.88. The maximum atomic E-state index is 12.0. The van der Waals surface area contributed by atoms with E-state index in [4.69, 9.17) is 11.6 Å². The molecular formula is C14H18ClNO. The number of benzene rings is 1. The number of hydrogen-bond donors (Lipinski definition) is 1. The molecule has 2 rings (SSSR count). The predicted molar refractivity (Wildman–Crippen MR) is 70.4 cm³/mol. The van der Waals surface area contributed by atoms with Crippen LogP contribution in [-0.2, 0) is 11.2 Å². The van der Waals surface area contributed by atoms with Crippen LogP contribution in [0.25, 0.3) is 0 Å². The summed E-state index contributed by atoms with van der Waals surface area (Å²) in [6, 6.07) is 8.27. The first kappa shape index (κ1) is 12.4. The van der Waals surface area contributed by atoms with Crippen LogP contribution in [0.2, 0.25) is 0 Å². The van der Waals surface area contributed by atoms with Crippen LogP contribution in [-0.4, -0.2) is 17.3 Å². The van der Waals surface area contributed by atoms with E-state index < -0.39 is 0 Å². The molecule has 1 aromatic rings. The average molecular weight is 252 g/mol. The van der Waals surface area contributed by atoms with Crippen molar-refractivity contribution in [2.24, 2.45) is 0 Å². The summed E-state index contributed by atoms with van der Waals surface area (Å²) >= 11 is 5.91. The predicted octanol–water partition coefficient (Wildman–Crippen LogP) is 2.85. The van der Waals surface area contributed by atoms with Crippen LogP contribution >= 0.6 is 11.6 Å². The molecule has 3 heteroatoms. The minimum Gasteiger partial charge on any atom is -0.353 e. The number of carbonyl (C=O) groups is 1. The largest absolute Gasteiger partial charge is 0.353 e. The van der Waals surface area contributed by atoms with E-state index in [1.807, 2.05) is 32.0 Å². The SMILES string of the molecule is CC(Cl)CC(C)NC(=O)C1Cc2ccccc21. The minimum atomic E-state index is 0.0410. The summed E-state index contributed by atoms with van der Waals surface area (Å²) in [5.74, 6) is 0.174. The molecule has 0 heterocycles. The van der Waals surface area contributed by atoms with E-state index in [-0.39, 0.29) is 23.2 Å². The Bertz CT molecular complexity index is 416. The lowest BCUT2D eigenvalue weighted by Gasteiger charge is -2.30. The molecule has 3 atom stereocenters. The molecule has 0 aromatic heterocycles. The number of nitrogens with one attached hydrogen (secondary N) is 1. The van der Waals surface area contributed by atoms with E-state index in [0.717, 1.165) is 12.8 Å². The van der Waals surface area contributed by atoms with Gasteiger partial charge in [-0.2, -0.15) is 0 Å². The second-order valence-corrected chi connectivity index (χ2v) is 5.63. The van der Waals surface area contributed by atoms with Gasteiger partial charge in [0.15, 0.2) is 0 Å². The molecule has 1 aromatic carbocycles. The zero-order valence-corrected chi connectivity index (χ0v) is 11.0. The molecule has 17 heavy (non-hydrogen) atoms. The van der Waals surface area contributed by atoms with Crippen molar-refractivity contribution in [1.82, 2.24) is 5.32 Å². The minimum absolute atomic E-state index is 0.0410. The summed E-state index contributed by atoms with van der Waals surface area (Å²) < 4.78 is 0. The van der Waals surface area contributed by atoms with E-state index in [1.165, 1.54) is 11.1 Å². The van der Waals surface area contributed by atoms with Gasteiger partial charge in [0.2, 0.25) is 5.91 Å². The number of hydrogen-bond acceptors (Lipinski definition) is 1. The fourth-order valence-electron chi connectivity index (χ4n) is 2.38. The highest BCUT2D eigenvalue weighted by molar-refractivity contribution is 6.20. The van der Waals surface area contributed by atoms with Gasteiger partial charge in [0.05, 0.1) is 5.92 Å². The topological polar surface area (TPSA) is 29.1 Å². The maximum absolute atomic E-state index is 12.0. The summed E-state index contributed by atoms with van der Waals surface area (Å²) in [5, 5.41) is 3.13. The van der Waals surface area contributed by atoms with E-state index in [9.17, 15) is 4.79 Å². The normalized spacial score (nSPS) is 21.0. The van der Waals surface area contributed by atoms with Crippen molar-refractivity contribution in [3.63, 3.8) is 0 Å². The van der Waals surface area contributed by atoms with Crippen LogP contribution in [0.4, 0.5) is 0 Å². The molecule has 0 saturated carbocycles. The molecule has 0 radical (unpaired) electrons. The van der Waals surface area contributed by atoms with Crippen LogP contribution in [0, 0.1) is 0 Å². The smallest absolute Gasteiger partial charge is 0.228 e. The lowest BCUT2D eigenvalue weighted by Crippen LogP contribution is -2.40. The van der Waals surface area contributed by atoms with Gasteiger partial charge in [0, 0.05) is 11.4 Å². The quantitative estimate of drug-likeness (QED) is 0.820. The number of alkyl halides is 1. The summed E-state index contributed by atoms with van der Waals surface area (Å²) in [4.78, 5) is 12.0. The molecule has 0 aliphatic heterocycles. The van der Waals surface area contributed by atoms with Gasteiger partial charge in [-0.3, -0.25) is 4.79 Å². The van der Waals surface area contributed by atoms with Crippen LogP contribution in [0.5, 0.6) is 0 Å². The van der Waals surface area contributed by atoms with Gasteiger partial charge >= 0.3 is 0 Å². The molecular weight excluding hydrogens is 234 g/mol. The Morgan fingerprint density at radius 2 is 2.18 bits per heavy atom. The first-order valence-corrected chi connectivity index (χ1v) is 6.54. The number of fused-ring (bicyclic) bond motifs is 1. The number of halogens is 1. The molecule has 1 N–H and O–H groups in total. The summed E-state index contributed by atoms with van der Waals surface area (Å²) in [6.45, 7) is 3.95. The molecule has 0 saturated heterocycles. The van der Waals surface area contributed by atoms with E-state index in [0.29, 0.717) is 0 Å². The monoisotopic (exact) mass is 251 g/mol. The van der Waals surface area contributed by atoms with E-state index in [1.54, 1.807) is 0 Å². The number of rotatable bonds is 4. The lowest BCUT2D eigenvalue weighted by atomic mass is 9.77. The van der Waals surface area contributed by atoms with Crippen molar-refractivity contribution in [1.29, 1.82) is 0 Å². The number of amides is 1. The van der Waals surface area contributed by atoms with Gasteiger partial charge < -0.3 is 5.32 Å². The summed E-state index contributed by atoms with van der Waals surface area (Å²) in [7, 11) is 0. The van der Waals surface area contributed by atoms with Crippen molar-refractivity contribution in [3.05, 3.63) is 35.4 Å². The highest BCUT2D eigenvalue weighted by atomic mass is 35.5. The molecule has 1 aliphatic rings. The van der Waals surface area contributed by atoms with Gasteiger partial charge in [-0.05, 0) is 37.8 Å². The fourth-order valence-corrected chi connectivity index (χ4v) is 2.65.